The molecule has 0 aliphatic heterocycles. The molecule has 0 aromatic heterocycles. The quantitative estimate of drug-likeness (QED) is 0.0450. The van der Waals surface area contributed by atoms with Crippen molar-refractivity contribution in [1.82, 2.24) is 16.0 Å². The molecule has 0 fully saturated rings. The summed E-state index contributed by atoms with van der Waals surface area (Å²) >= 11 is 0. The number of amides is 2. The summed E-state index contributed by atoms with van der Waals surface area (Å²) in [5.41, 5.74) is 0.204. The van der Waals surface area contributed by atoms with Gasteiger partial charge in [0.15, 0.2) is 5.78 Å². The molecular formula is C49H79N3O16. The van der Waals surface area contributed by atoms with Crippen molar-refractivity contribution in [1.29, 1.82) is 0 Å². The number of carboxylic acids is 3. The summed E-state index contributed by atoms with van der Waals surface area (Å²) in [6, 6.07) is 4.87. The van der Waals surface area contributed by atoms with Crippen LogP contribution in [0.3, 0.4) is 0 Å². The number of ketones is 3. The molecule has 3 atom stereocenters. The number of hydrogen-bond donors (Lipinski definition) is 6. The van der Waals surface area contributed by atoms with E-state index in [0.29, 0.717) is 63.7 Å². The maximum Gasteiger partial charge on any atom is 0.335 e. The summed E-state index contributed by atoms with van der Waals surface area (Å²) < 4.78 is 27.2. The van der Waals surface area contributed by atoms with Crippen molar-refractivity contribution in [2.24, 2.45) is 5.92 Å². The largest absolute Gasteiger partial charge is 0.494 e. The molecule has 2 amide bonds. The Labute approximate surface area is 401 Å². The van der Waals surface area contributed by atoms with Crippen LogP contribution in [0.5, 0.6) is 5.75 Å². The number of carboxylic acid groups (broad SMARTS) is 3. The average molecular weight is 966 g/mol. The minimum atomic E-state index is -1.19. The summed E-state index contributed by atoms with van der Waals surface area (Å²) in [4.78, 5) is 95.4. The van der Waals surface area contributed by atoms with Crippen LogP contribution in [0.1, 0.15) is 146 Å². The topological polar surface area (TPSA) is 279 Å². The standard InChI is InChI=1S/C49H79N3O16/c1-3-14-42(50-2)44(55)26-21-37(47(58)59)15-9-8-10-16-40(54)35-66-33-32-65-30-27-51-46(57)36-67-34-31-64-28-13-17-39(53)22-25-43(49(62)63)52-45(56)18-11-6-4-5-7-12-29-68-41-23-19-38(20-24-41)48(60)61/h19-20,23-24,37,42-43,50H,3-18,21-22,25-36H2,1-2H3,(H,51,57)(H,52,56)(H,58,59)(H,60,61)(H,62,63)/t37-,42+,43+/m1/s1. The molecule has 0 unspecified atom stereocenters. The van der Waals surface area contributed by atoms with E-state index in [2.05, 4.69) is 16.0 Å². The first-order valence-electron chi connectivity index (χ1n) is 24.3. The van der Waals surface area contributed by atoms with Gasteiger partial charge in [0.1, 0.15) is 36.6 Å². The number of nitrogens with one attached hydrogen (secondary N) is 3. The lowest BCUT2D eigenvalue weighted by molar-refractivity contribution is -0.143. The molecule has 19 heteroatoms. The van der Waals surface area contributed by atoms with Crippen molar-refractivity contribution in [3.05, 3.63) is 29.8 Å². The van der Waals surface area contributed by atoms with E-state index >= 15 is 0 Å². The lowest BCUT2D eigenvalue weighted by Crippen LogP contribution is -2.41. The zero-order chi connectivity index (χ0) is 50.2. The normalized spacial score (nSPS) is 12.4. The highest BCUT2D eigenvalue weighted by Gasteiger charge is 2.23. The fourth-order valence-electron chi connectivity index (χ4n) is 7.01. The minimum Gasteiger partial charge on any atom is -0.494 e. The highest BCUT2D eigenvalue weighted by Crippen LogP contribution is 2.19. The second-order valence-corrected chi connectivity index (χ2v) is 16.7. The number of unbranched alkanes of at least 4 members (excludes halogenated alkanes) is 7. The van der Waals surface area contributed by atoms with Gasteiger partial charge in [-0.3, -0.25) is 28.8 Å². The number of hydrogen-bond acceptors (Lipinski definition) is 14. The van der Waals surface area contributed by atoms with Crippen LogP contribution in [0.2, 0.25) is 0 Å². The monoisotopic (exact) mass is 966 g/mol. The summed E-state index contributed by atoms with van der Waals surface area (Å²) in [5.74, 6) is -3.85. The highest BCUT2D eigenvalue weighted by molar-refractivity contribution is 5.88. The summed E-state index contributed by atoms with van der Waals surface area (Å²) in [6.07, 6.45) is 10.9. The third-order valence-electron chi connectivity index (χ3n) is 11.0. The molecular weight excluding hydrogens is 887 g/mol. The lowest BCUT2D eigenvalue weighted by atomic mass is 9.93. The molecule has 1 aromatic carbocycles. The Hall–Kier alpha value is -4.82. The molecule has 386 valence electrons. The van der Waals surface area contributed by atoms with Gasteiger partial charge in [0.25, 0.3) is 0 Å². The average Bonchev–Trinajstić information content (AvgIpc) is 3.31. The first-order valence-corrected chi connectivity index (χ1v) is 24.3. The van der Waals surface area contributed by atoms with Gasteiger partial charge in [-0.1, -0.05) is 51.9 Å². The van der Waals surface area contributed by atoms with Crippen LogP contribution in [-0.4, -0.2) is 148 Å². The molecule has 0 aliphatic rings. The molecule has 0 aliphatic carbocycles. The molecule has 1 rings (SSSR count). The van der Waals surface area contributed by atoms with E-state index in [0.717, 1.165) is 44.9 Å². The van der Waals surface area contributed by atoms with Gasteiger partial charge in [-0.25, -0.2) is 9.59 Å². The highest BCUT2D eigenvalue weighted by atomic mass is 16.5. The third-order valence-corrected chi connectivity index (χ3v) is 11.0. The Morgan fingerprint density at radius 1 is 0.529 bits per heavy atom. The Bertz CT molecular complexity index is 1610. The Kier molecular flexibility index (Phi) is 36.1. The SMILES string of the molecule is CCC[C@H](NC)C(=O)CC[C@@H](CCCCCC(=O)COCCOCCNC(=O)COCCOCCCC(=O)CC[C@H](NC(=O)CCCCCCCCOc1ccc(C(=O)O)cc1)C(=O)O)C(=O)O. The van der Waals surface area contributed by atoms with Gasteiger partial charge in [-0.05, 0) is 82.7 Å². The Morgan fingerprint density at radius 3 is 1.81 bits per heavy atom. The molecule has 0 saturated carbocycles. The first kappa shape index (κ1) is 61.2. The van der Waals surface area contributed by atoms with Crippen LogP contribution in [0.15, 0.2) is 24.3 Å². The maximum absolute atomic E-state index is 12.4. The molecule has 0 bridgehead atoms. The molecule has 0 saturated heterocycles. The zero-order valence-corrected chi connectivity index (χ0v) is 40.4. The van der Waals surface area contributed by atoms with Crippen LogP contribution >= 0.6 is 0 Å². The number of benzene rings is 1. The van der Waals surface area contributed by atoms with Gasteiger partial charge in [-0.15, -0.1) is 0 Å². The Morgan fingerprint density at radius 2 is 1.15 bits per heavy atom. The second-order valence-electron chi connectivity index (χ2n) is 16.7. The molecule has 68 heavy (non-hydrogen) atoms. The van der Waals surface area contributed by atoms with Crippen LogP contribution in [0.25, 0.3) is 0 Å². The number of ether oxygens (including phenoxy) is 5. The van der Waals surface area contributed by atoms with Crippen molar-refractivity contribution < 1.29 is 77.4 Å². The van der Waals surface area contributed by atoms with Gasteiger partial charge in [0.2, 0.25) is 11.8 Å². The number of likely N-dealkylation sites (N-methyl/N-ethyl adjacent to an activating group) is 1. The third kappa shape index (κ3) is 32.8. The van der Waals surface area contributed by atoms with E-state index in [1.807, 2.05) is 6.92 Å². The first-order chi connectivity index (χ1) is 32.8. The van der Waals surface area contributed by atoms with Gasteiger partial charge < -0.3 is 55.0 Å². The van der Waals surface area contributed by atoms with Crippen LogP contribution in [-0.2, 0) is 52.5 Å². The molecule has 0 radical (unpaired) electrons. The van der Waals surface area contributed by atoms with Gasteiger partial charge in [-0.2, -0.15) is 0 Å². The maximum atomic E-state index is 12.4. The van der Waals surface area contributed by atoms with Crippen molar-refractivity contribution in [3.8, 4) is 5.75 Å². The van der Waals surface area contributed by atoms with Gasteiger partial charge in [0.05, 0.1) is 57.2 Å². The van der Waals surface area contributed by atoms with Crippen molar-refractivity contribution in [3.63, 3.8) is 0 Å². The van der Waals surface area contributed by atoms with Gasteiger partial charge in [0, 0.05) is 45.3 Å². The molecule has 1 aromatic rings. The number of aliphatic carboxylic acids is 2. The Balaban J connectivity index is 1.96. The fraction of sp³-hybridized carbons (Fsp3) is 0.714. The van der Waals surface area contributed by atoms with Crippen molar-refractivity contribution >= 4 is 47.1 Å². The zero-order valence-electron chi connectivity index (χ0n) is 40.4. The molecule has 19 nitrogen and oxygen atoms in total. The molecule has 0 spiro atoms. The number of Topliss-reactive ketones (excluding diaryl/α,β-unsaturated/α-hetero) is 3. The number of aromatic carboxylic acids is 1. The number of carbonyl (C=O) groups is 8. The van der Waals surface area contributed by atoms with E-state index in [1.54, 1.807) is 19.2 Å². The number of rotatable bonds is 47. The van der Waals surface area contributed by atoms with Crippen molar-refractivity contribution in [2.45, 2.75) is 147 Å². The van der Waals surface area contributed by atoms with E-state index < -0.39 is 29.9 Å². The van der Waals surface area contributed by atoms with Gasteiger partial charge >= 0.3 is 17.9 Å². The van der Waals surface area contributed by atoms with Crippen LogP contribution < -0.4 is 20.7 Å². The summed E-state index contributed by atoms with van der Waals surface area (Å²) in [7, 11) is 1.74. The van der Waals surface area contributed by atoms with Crippen LogP contribution in [0, 0.1) is 5.92 Å². The second kappa shape index (κ2) is 40.1. The fourth-order valence-corrected chi connectivity index (χ4v) is 7.01. The van der Waals surface area contributed by atoms with E-state index in [4.69, 9.17) is 28.8 Å². The summed E-state index contributed by atoms with van der Waals surface area (Å²) in [6.45, 7) is 3.97. The summed E-state index contributed by atoms with van der Waals surface area (Å²) in [5, 5.41) is 36.2. The van der Waals surface area contributed by atoms with Crippen LogP contribution in [0.4, 0.5) is 0 Å². The van der Waals surface area contributed by atoms with E-state index in [-0.39, 0.29) is 132 Å². The minimum absolute atomic E-state index is 0.000483. The molecule has 0 heterocycles. The predicted octanol–water partition coefficient (Wildman–Crippen LogP) is 5.33. The van der Waals surface area contributed by atoms with E-state index in [9.17, 15) is 48.6 Å². The van der Waals surface area contributed by atoms with Crippen molar-refractivity contribution in [2.75, 3.05) is 73.1 Å². The predicted molar refractivity (Wildman–Crippen MR) is 252 cm³/mol. The molecule has 6 N–H and O–H groups in total. The smallest absolute Gasteiger partial charge is 0.335 e. The van der Waals surface area contributed by atoms with E-state index in [1.165, 1.54) is 12.1 Å². The lowest BCUT2D eigenvalue weighted by Gasteiger charge is -2.16. The number of carbonyl (C=O) groups excluding carboxylic acids is 5.